The van der Waals surface area contributed by atoms with Crippen molar-refractivity contribution in [1.29, 1.82) is 0 Å². The second-order valence-corrected chi connectivity index (χ2v) is 7.03. The number of benzene rings is 2. The van der Waals surface area contributed by atoms with Crippen LogP contribution in [-0.4, -0.2) is 18.7 Å². The third kappa shape index (κ3) is 2.67. The van der Waals surface area contributed by atoms with Crippen molar-refractivity contribution >= 4 is 11.2 Å². The monoisotopic (exact) mass is 376 g/mol. The van der Waals surface area contributed by atoms with Gasteiger partial charge in [-0.3, -0.25) is 9.36 Å². The Morgan fingerprint density at radius 1 is 1.04 bits per heavy atom. The number of imidazole rings is 1. The average Bonchev–Trinajstić information content (AvgIpc) is 3.43. The van der Waals surface area contributed by atoms with Crippen molar-refractivity contribution < 1.29 is 4.39 Å². The molecule has 140 valence electrons. The van der Waals surface area contributed by atoms with Gasteiger partial charge < -0.3 is 4.57 Å². The van der Waals surface area contributed by atoms with E-state index >= 15 is 0 Å². The number of rotatable bonds is 4. The largest absolute Gasteiger partial charge is 0.337 e. The first kappa shape index (κ1) is 16.7. The Hall–Kier alpha value is -3.48. The van der Waals surface area contributed by atoms with E-state index in [1.165, 1.54) is 27.3 Å². The SMILES string of the molecule is O=c1c2c(ncn2Cc2ccccc2)n(-c2cccc(F)c2)c(=O)n1C1CC1. The summed E-state index contributed by atoms with van der Waals surface area (Å²) < 4.78 is 18.2. The Morgan fingerprint density at radius 2 is 1.82 bits per heavy atom. The van der Waals surface area contributed by atoms with Crippen LogP contribution in [-0.2, 0) is 6.54 Å². The van der Waals surface area contributed by atoms with Crippen LogP contribution in [0.5, 0.6) is 0 Å². The number of fused-ring (bicyclic) bond motifs is 1. The second kappa shape index (κ2) is 6.30. The molecule has 1 aliphatic rings. The van der Waals surface area contributed by atoms with Gasteiger partial charge in [-0.25, -0.2) is 18.7 Å². The molecule has 1 saturated carbocycles. The first-order chi connectivity index (χ1) is 13.6. The first-order valence-electron chi connectivity index (χ1n) is 9.16. The fourth-order valence-electron chi connectivity index (χ4n) is 3.56. The molecule has 6 nitrogen and oxygen atoms in total. The summed E-state index contributed by atoms with van der Waals surface area (Å²) in [5.74, 6) is -0.453. The van der Waals surface area contributed by atoms with Gasteiger partial charge in [0.25, 0.3) is 5.56 Å². The van der Waals surface area contributed by atoms with Gasteiger partial charge in [-0.05, 0) is 36.6 Å². The molecule has 1 aliphatic carbocycles. The van der Waals surface area contributed by atoms with Gasteiger partial charge in [-0.2, -0.15) is 0 Å². The highest BCUT2D eigenvalue weighted by Crippen LogP contribution is 2.32. The van der Waals surface area contributed by atoms with E-state index in [2.05, 4.69) is 4.98 Å². The van der Waals surface area contributed by atoms with Crippen molar-refractivity contribution in [2.75, 3.05) is 0 Å². The minimum Gasteiger partial charge on any atom is -0.320 e. The Morgan fingerprint density at radius 3 is 2.54 bits per heavy atom. The smallest absolute Gasteiger partial charge is 0.320 e. The van der Waals surface area contributed by atoms with Crippen LogP contribution in [0.25, 0.3) is 16.9 Å². The summed E-state index contributed by atoms with van der Waals surface area (Å²) in [6, 6.07) is 15.4. The summed E-state index contributed by atoms with van der Waals surface area (Å²) in [7, 11) is 0. The number of hydrogen-bond donors (Lipinski definition) is 0. The minimum absolute atomic E-state index is 0.107. The van der Waals surface area contributed by atoms with Gasteiger partial charge >= 0.3 is 5.69 Å². The van der Waals surface area contributed by atoms with Gasteiger partial charge in [0.15, 0.2) is 11.2 Å². The summed E-state index contributed by atoms with van der Waals surface area (Å²) in [4.78, 5) is 30.6. The van der Waals surface area contributed by atoms with Crippen molar-refractivity contribution in [3.8, 4) is 5.69 Å². The molecule has 0 N–H and O–H groups in total. The van der Waals surface area contributed by atoms with Crippen LogP contribution in [0, 0.1) is 5.82 Å². The molecule has 2 aromatic carbocycles. The van der Waals surface area contributed by atoms with Crippen molar-refractivity contribution in [1.82, 2.24) is 18.7 Å². The molecule has 0 aliphatic heterocycles. The van der Waals surface area contributed by atoms with Gasteiger partial charge in [-0.15, -0.1) is 0 Å². The third-order valence-corrected chi connectivity index (χ3v) is 5.02. The molecule has 4 aromatic rings. The highest BCUT2D eigenvalue weighted by Gasteiger charge is 2.30. The van der Waals surface area contributed by atoms with Gasteiger partial charge in [-0.1, -0.05) is 36.4 Å². The Kier molecular flexibility index (Phi) is 3.75. The molecule has 2 aromatic heterocycles. The third-order valence-electron chi connectivity index (χ3n) is 5.02. The zero-order valence-corrected chi connectivity index (χ0v) is 15.0. The molecule has 0 saturated heterocycles. The minimum atomic E-state index is -0.476. The average molecular weight is 376 g/mol. The molecule has 7 heteroatoms. The van der Waals surface area contributed by atoms with E-state index < -0.39 is 11.5 Å². The molecule has 0 spiro atoms. The van der Waals surface area contributed by atoms with Crippen molar-refractivity contribution in [3.05, 3.63) is 93.1 Å². The highest BCUT2D eigenvalue weighted by molar-refractivity contribution is 5.72. The molecule has 0 radical (unpaired) electrons. The van der Waals surface area contributed by atoms with Gasteiger partial charge in [0.1, 0.15) is 5.82 Å². The van der Waals surface area contributed by atoms with E-state index in [9.17, 15) is 14.0 Å². The van der Waals surface area contributed by atoms with E-state index in [1.807, 2.05) is 30.3 Å². The Bertz CT molecular complexity index is 1300. The topological polar surface area (TPSA) is 61.8 Å². The standard InChI is InChI=1S/C21H17FN4O2/c22-15-7-4-8-17(11-15)25-19-18(20(27)26(21(25)28)16-9-10-16)24(13-23-19)12-14-5-2-1-3-6-14/h1-8,11,13,16H,9-10,12H2. The van der Waals surface area contributed by atoms with Crippen LogP contribution < -0.4 is 11.2 Å². The summed E-state index contributed by atoms with van der Waals surface area (Å²) in [5.41, 5.74) is 1.14. The molecule has 2 heterocycles. The zero-order chi connectivity index (χ0) is 19.3. The number of hydrogen-bond acceptors (Lipinski definition) is 3. The number of nitrogens with zero attached hydrogens (tertiary/aromatic N) is 4. The van der Waals surface area contributed by atoms with Crippen molar-refractivity contribution in [3.63, 3.8) is 0 Å². The van der Waals surface area contributed by atoms with E-state index in [1.54, 1.807) is 17.0 Å². The molecular formula is C21H17FN4O2. The predicted octanol–water partition coefficient (Wildman–Crippen LogP) is 2.87. The van der Waals surface area contributed by atoms with E-state index in [4.69, 9.17) is 0 Å². The van der Waals surface area contributed by atoms with Crippen LogP contribution >= 0.6 is 0 Å². The molecule has 5 rings (SSSR count). The van der Waals surface area contributed by atoms with Crippen LogP contribution in [0.1, 0.15) is 24.4 Å². The Balaban J connectivity index is 1.80. The highest BCUT2D eigenvalue weighted by atomic mass is 19.1. The van der Waals surface area contributed by atoms with E-state index in [0.29, 0.717) is 17.7 Å². The van der Waals surface area contributed by atoms with Gasteiger partial charge in [0.05, 0.1) is 12.0 Å². The first-order valence-corrected chi connectivity index (χ1v) is 9.16. The maximum absolute atomic E-state index is 13.8. The van der Waals surface area contributed by atoms with E-state index in [0.717, 1.165) is 18.4 Å². The lowest BCUT2D eigenvalue weighted by Crippen LogP contribution is -2.39. The molecule has 28 heavy (non-hydrogen) atoms. The second-order valence-electron chi connectivity index (χ2n) is 7.03. The molecule has 0 amide bonds. The summed E-state index contributed by atoms with van der Waals surface area (Å²) in [6.45, 7) is 0.457. The van der Waals surface area contributed by atoms with Crippen LogP contribution in [0.2, 0.25) is 0 Å². The number of aromatic nitrogens is 4. The molecule has 0 bridgehead atoms. The maximum Gasteiger partial charge on any atom is 0.337 e. The lowest BCUT2D eigenvalue weighted by atomic mass is 10.2. The van der Waals surface area contributed by atoms with Crippen LogP contribution in [0.15, 0.2) is 70.5 Å². The van der Waals surface area contributed by atoms with Crippen molar-refractivity contribution in [2.45, 2.75) is 25.4 Å². The summed E-state index contributed by atoms with van der Waals surface area (Å²) >= 11 is 0. The normalized spacial score (nSPS) is 13.9. The van der Waals surface area contributed by atoms with Crippen LogP contribution in [0.3, 0.4) is 0 Å². The predicted molar refractivity (Wildman–Crippen MR) is 103 cm³/mol. The fraction of sp³-hybridized carbons (Fsp3) is 0.190. The molecule has 1 fully saturated rings. The fourth-order valence-corrected chi connectivity index (χ4v) is 3.56. The lowest BCUT2D eigenvalue weighted by Gasteiger charge is -2.12. The maximum atomic E-state index is 13.8. The van der Waals surface area contributed by atoms with Crippen LogP contribution in [0.4, 0.5) is 4.39 Å². The quantitative estimate of drug-likeness (QED) is 0.550. The summed E-state index contributed by atoms with van der Waals surface area (Å²) in [6.07, 6.45) is 3.14. The van der Waals surface area contributed by atoms with Crippen molar-refractivity contribution in [2.24, 2.45) is 0 Å². The molecule has 0 atom stereocenters. The van der Waals surface area contributed by atoms with Gasteiger partial charge in [0.2, 0.25) is 0 Å². The molecular weight excluding hydrogens is 359 g/mol. The van der Waals surface area contributed by atoms with E-state index in [-0.39, 0.29) is 17.2 Å². The number of halogens is 1. The van der Waals surface area contributed by atoms with Gasteiger partial charge in [0, 0.05) is 12.6 Å². The molecule has 0 unspecified atom stereocenters. The summed E-state index contributed by atoms with van der Waals surface area (Å²) in [5, 5.41) is 0. The Labute approximate surface area is 159 Å². The zero-order valence-electron chi connectivity index (χ0n) is 15.0. The lowest BCUT2D eigenvalue weighted by molar-refractivity contribution is 0.620.